The number of nitrogens with zero attached hydrogens (tertiary/aromatic N) is 2. The molecule has 3 aromatic rings. The zero-order valence-electron chi connectivity index (χ0n) is 16.1. The Morgan fingerprint density at radius 1 is 1.20 bits per heavy atom. The molecular formula is C22H20F3N3O2. The van der Waals surface area contributed by atoms with E-state index in [2.05, 4.69) is 14.9 Å². The molecule has 1 aliphatic heterocycles. The highest BCUT2D eigenvalue weighted by molar-refractivity contribution is 5.58. The molecule has 0 atom stereocenters. The molecule has 0 bridgehead atoms. The summed E-state index contributed by atoms with van der Waals surface area (Å²) in [6.45, 7) is 1.69. The third-order valence-corrected chi connectivity index (χ3v) is 5.65. The van der Waals surface area contributed by atoms with Crippen molar-refractivity contribution in [3.63, 3.8) is 0 Å². The van der Waals surface area contributed by atoms with Gasteiger partial charge in [0.05, 0.1) is 23.4 Å². The summed E-state index contributed by atoms with van der Waals surface area (Å²) in [5.74, 6) is 2.24. The molecule has 0 radical (unpaired) electrons. The Labute approximate surface area is 170 Å². The Bertz CT molecular complexity index is 1150. The molecule has 5 rings (SSSR count). The Morgan fingerprint density at radius 3 is 2.80 bits per heavy atom. The van der Waals surface area contributed by atoms with Gasteiger partial charge in [-0.2, -0.15) is 13.2 Å². The molecule has 2 aliphatic rings. The van der Waals surface area contributed by atoms with Crippen LogP contribution < -0.4 is 5.56 Å². The number of furan rings is 1. The third kappa shape index (κ3) is 3.79. The van der Waals surface area contributed by atoms with E-state index in [1.807, 2.05) is 0 Å². The molecule has 30 heavy (non-hydrogen) atoms. The van der Waals surface area contributed by atoms with Gasteiger partial charge in [0.15, 0.2) is 0 Å². The van der Waals surface area contributed by atoms with Gasteiger partial charge in [-0.3, -0.25) is 9.69 Å². The van der Waals surface area contributed by atoms with Crippen molar-refractivity contribution in [3.8, 4) is 11.3 Å². The molecule has 0 amide bonds. The van der Waals surface area contributed by atoms with Gasteiger partial charge in [-0.05, 0) is 37.1 Å². The molecule has 3 heterocycles. The topological polar surface area (TPSA) is 62.1 Å². The van der Waals surface area contributed by atoms with Gasteiger partial charge >= 0.3 is 6.18 Å². The summed E-state index contributed by atoms with van der Waals surface area (Å²) in [6, 6.07) is 8.54. The van der Waals surface area contributed by atoms with Crippen LogP contribution in [0.15, 0.2) is 45.6 Å². The average molecular weight is 415 g/mol. The van der Waals surface area contributed by atoms with E-state index in [0.29, 0.717) is 48.1 Å². The van der Waals surface area contributed by atoms with Crippen LogP contribution in [0, 0.1) is 0 Å². The van der Waals surface area contributed by atoms with Crippen molar-refractivity contribution in [1.82, 2.24) is 14.9 Å². The Balaban J connectivity index is 1.31. The molecular weight excluding hydrogens is 395 g/mol. The number of rotatable bonds is 4. The van der Waals surface area contributed by atoms with E-state index < -0.39 is 11.7 Å². The van der Waals surface area contributed by atoms with Crippen molar-refractivity contribution >= 4 is 0 Å². The fraction of sp³-hybridized carbons (Fsp3) is 0.364. The minimum absolute atomic E-state index is 0.0734. The van der Waals surface area contributed by atoms with Crippen LogP contribution >= 0.6 is 0 Å². The first kappa shape index (κ1) is 19.1. The van der Waals surface area contributed by atoms with Gasteiger partial charge in [0, 0.05) is 31.0 Å². The largest absolute Gasteiger partial charge is 0.460 e. The van der Waals surface area contributed by atoms with Gasteiger partial charge in [-0.1, -0.05) is 12.1 Å². The predicted molar refractivity (Wildman–Crippen MR) is 104 cm³/mol. The number of H-pyrrole nitrogens is 1. The predicted octanol–water partition coefficient (Wildman–Crippen LogP) is 4.48. The van der Waals surface area contributed by atoms with Crippen LogP contribution in [-0.4, -0.2) is 21.4 Å². The van der Waals surface area contributed by atoms with Crippen molar-refractivity contribution in [3.05, 3.63) is 75.2 Å². The summed E-state index contributed by atoms with van der Waals surface area (Å²) in [5.41, 5.74) is 1.17. The SMILES string of the molecule is O=c1[nH]c(C2CC2)nc2c1CN(Cc1ccc(-c3cccc(C(F)(F)F)c3)o1)CC2. The number of nitrogens with one attached hydrogen (secondary N) is 1. The number of hydrogen-bond acceptors (Lipinski definition) is 4. The van der Waals surface area contributed by atoms with Crippen LogP contribution in [0.3, 0.4) is 0 Å². The summed E-state index contributed by atoms with van der Waals surface area (Å²) in [5, 5.41) is 0. The molecule has 1 N–H and O–H groups in total. The highest BCUT2D eigenvalue weighted by atomic mass is 19.4. The maximum atomic E-state index is 13.0. The fourth-order valence-corrected chi connectivity index (χ4v) is 3.87. The van der Waals surface area contributed by atoms with Crippen molar-refractivity contribution < 1.29 is 17.6 Å². The lowest BCUT2D eigenvalue weighted by molar-refractivity contribution is -0.137. The maximum absolute atomic E-state index is 13.0. The Kier molecular flexibility index (Phi) is 4.54. The molecule has 2 aromatic heterocycles. The van der Waals surface area contributed by atoms with Gasteiger partial charge in [-0.15, -0.1) is 0 Å². The van der Waals surface area contributed by atoms with Gasteiger partial charge in [0.2, 0.25) is 0 Å². The highest BCUT2D eigenvalue weighted by Crippen LogP contribution is 2.38. The molecule has 1 aliphatic carbocycles. The molecule has 1 fully saturated rings. The molecule has 0 unspecified atom stereocenters. The van der Waals surface area contributed by atoms with Crippen molar-refractivity contribution in [1.29, 1.82) is 0 Å². The molecule has 0 spiro atoms. The second kappa shape index (κ2) is 7.12. The lowest BCUT2D eigenvalue weighted by Gasteiger charge is -2.26. The monoisotopic (exact) mass is 415 g/mol. The highest BCUT2D eigenvalue weighted by Gasteiger charge is 2.31. The van der Waals surface area contributed by atoms with E-state index in [4.69, 9.17) is 4.42 Å². The quantitative estimate of drug-likeness (QED) is 0.682. The molecule has 1 aromatic carbocycles. The number of fused-ring (bicyclic) bond motifs is 1. The second-order valence-corrected chi connectivity index (χ2v) is 7.96. The first-order valence-electron chi connectivity index (χ1n) is 9.97. The van der Waals surface area contributed by atoms with Crippen molar-refractivity contribution in [2.75, 3.05) is 6.54 Å². The zero-order valence-corrected chi connectivity index (χ0v) is 16.1. The normalized spacial score (nSPS) is 17.2. The number of aromatic nitrogens is 2. The van der Waals surface area contributed by atoms with Gasteiger partial charge in [-0.25, -0.2) is 4.98 Å². The lowest BCUT2D eigenvalue weighted by atomic mass is 10.1. The molecule has 5 nitrogen and oxygen atoms in total. The first-order chi connectivity index (χ1) is 14.4. The van der Waals surface area contributed by atoms with Crippen LogP contribution in [0.5, 0.6) is 0 Å². The standard InChI is InChI=1S/C22H20F3N3O2/c23-22(24,25)15-3-1-2-14(10-15)19-7-6-16(30-19)11-28-9-8-18-17(12-28)21(29)27-20(26-18)13-4-5-13/h1-3,6-7,10,13H,4-5,8-9,11-12H2,(H,26,27,29). The zero-order chi connectivity index (χ0) is 20.9. The number of aromatic amines is 1. The maximum Gasteiger partial charge on any atom is 0.416 e. The van der Waals surface area contributed by atoms with Gasteiger partial charge in [0.1, 0.15) is 17.3 Å². The van der Waals surface area contributed by atoms with E-state index in [1.54, 1.807) is 18.2 Å². The number of benzene rings is 1. The molecule has 8 heteroatoms. The number of hydrogen-bond donors (Lipinski definition) is 1. The Morgan fingerprint density at radius 2 is 2.03 bits per heavy atom. The van der Waals surface area contributed by atoms with Gasteiger partial charge < -0.3 is 9.40 Å². The lowest BCUT2D eigenvalue weighted by Crippen LogP contribution is -2.35. The molecule has 1 saturated carbocycles. The number of alkyl halides is 3. The van der Waals surface area contributed by atoms with Crippen molar-refractivity contribution in [2.24, 2.45) is 0 Å². The summed E-state index contributed by atoms with van der Waals surface area (Å²) in [7, 11) is 0. The van der Waals surface area contributed by atoms with Crippen LogP contribution in [0.2, 0.25) is 0 Å². The van der Waals surface area contributed by atoms with Crippen molar-refractivity contribution in [2.45, 2.75) is 44.4 Å². The van der Waals surface area contributed by atoms with Crippen LogP contribution in [0.1, 0.15) is 47.2 Å². The van der Waals surface area contributed by atoms with Gasteiger partial charge in [0.25, 0.3) is 5.56 Å². The third-order valence-electron chi connectivity index (χ3n) is 5.65. The summed E-state index contributed by atoms with van der Waals surface area (Å²) in [6.07, 6.45) is -1.53. The van der Waals surface area contributed by atoms with Crippen LogP contribution in [0.25, 0.3) is 11.3 Å². The van der Waals surface area contributed by atoms with Crippen LogP contribution in [0.4, 0.5) is 13.2 Å². The van der Waals surface area contributed by atoms with E-state index >= 15 is 0 Å². The van der Waals surface area contributed by atoms with E-state index in [9.17, 15) is 18.0 Å². The van der Waals surface area contributed by atoms with Crippen LogP contribution in [-0.2, 0) is 25.7 Å². The smallest absolute Gasteiger partial charge is 0.416 e. The second-order valence-electron chi connectivity index (χ2n) is 7.96. The Hall–Kier alpha value is -2.87. The summed E-state index contributed by atoms with van der Waals surface area (Å²) >= 11 is 0. The average Bonchev–Trinajstić information content (AvgIpc) is 3.47. The molecule has 0 saturated heterocycles. The molecule has 156 valence electrons. The van der Waals surface area contributed by atoms with E-state index in [-0.39, 0.29) is 5.56 Å². The minimum Gasteiger partial charge on any atom is -0.460 e. The van der Waals surface area contributed by atoms with E-state index in [0.717, 1.165) is 43.0 Å². The minimum atomic E-state index is -4.40. The summed E-state index contributed by atoms with van der Waals surface area (Å²) in [4.78, 5) is 22.1. The first-order valence-corrected chi connectivity index (χ1v) is 9.97. The number of halogens is 3. The fourth-order valence-electron chi connectivity index (χ4n) is 3.87. The summed E-state index contributed by atoms with van der Waals surface area (Å²) < 4.78 is 44.7. The van der Waals surface area contributed by atoms with E-state index in [1.165, 1.54) is 6.07 Å².